The Hall–Kier alpha value is -3.03. The molecule has 0 bridgehead atoms. The Kier molecular flexibility index (Phi) is 5.18. The Labute approximate surface area is 201 Å². The minimum atomic E-state index is -3.87. The first-order valence-electron chi connectivity index (χ1n) is 11.5. The topological polar surface area (TPSA) is 76.1 Å². The van der Waals surface area contributed by atoms with Gasteiger partial charge in [-0.1, -0.05) is 6.07 Å². The fourth-order valence-electron chi connectivity index (χ4n) is 5.15. The van der Waals surface area contributed by atoms with E-state index >= 15 is 0 Å². The van der Waals surface area contributed by atoms with E-state index in [1.807, 2.05) is 78.2 Å². The maximum absolute atomic E-state index is 14.3. The van der Waals surface area contributed by atoms with Gasteiger partial charge in [-0.05, 0) is 93.7 Å². The quantitative estimate of drug-likeness (QED) is 0.413. The first kappa shape index (κ1) is 22.7. The molecule has 3 heterocycles. The molecule has 0 aliphatic carbocycles. The second-order valence-corrected chi connectivity index (χ2v) is 11.6. The average molecular weight is 478 g/mol. The van der Waals surface area contributed by atoms with Gasteiger partial charge in [-0.15, -0.1) is 0 Å². The van der Waals surface area contributed by atoms with Crippen LogP contribution in [0.2, 0.25) is 0 Å². The molecule has 4 aromatic rings. The summed E-state index contributed by atoms with van der Waals surface area (Å²) in [6.45, 7) is 10.4. The van der Waals surface area contributed by atoms with Crippen LogP contribution in [0.1, 0.15) is 41.7 Å². The summed E-state index contributed by atoms with van der Waals surface area (Å²) in [4.78, 5) is 3.57. The molecule has 1 aliphatic heterocycles. The number of ether oxygens (including phenoxy) is 1. The molecule has 2 aromatic carbocycles. The zero-order valence-corrected chi connectivity index (χ0v) is 21.4. The van der Waals surface area contributed by atoms with Gasteiger partial charge in [0.15, 0.2) is 0 Å². The molecule has 0 spiro atoms. The van der Waals surface area contributed by atoms with Crippen LogP contribution in [0.25, 0.3) is 22.2 Å². The number of H-pyrrole nitrogens is 1. The summed E-state index contributed by atoms with van der Waals surface area (Å²) in [6, 6.07) is 9.93. The van der Waals surface area contributed by atoms with Crippen molar-refractivity contribution in [1.82, 2.24) is 14.3 Å². The molecule has 0 unspecified atom stereocenters. The van der Waals surface area contributed by atoms with Crippen molar-refractivity contribution in [1.29, 1.82) is 0 Å². The van der Waals surface area contributed by atoms with Crippen LogP contribution in [0.4, 0.5) is 0 Å². The molecule has 0 fully saturated rings. The Balaban J connectivity index is 1.74. The molecule has 1 aliphatic rings. The number of benzene rings is 2. The molecule has 2 aromatic heterocycles. The van der Waals surface area contributed by atoms with Crippen LogP contribution in [-0.4, -0.2) is 30.0 Å². The van der Waals surface area contributed by atoms with Gasteiger partial charge in [0.05, 0.1) is 10.6 Å². The number of nitrogens with zero attached hydrogens (tertiary/aromatic N) is 1. The van der Waals surface area contributed by atoms with E-state index in [9.17, 15) is 8.42 Å². The predicted molar refractivity (Wildman–Crippen MR) is 136 cm³/mol. The van der Waals surface area contributed by atoms with Gasteiger partial charge in [0.2, 0.25) is 0 Å². The number of nitrogens with one attached hydrogen (secondary N) is 2. The van der Waals surface area contributed by atoms with Crippen LogP contribution in [0.3, 0.4) is 0 Å². The first-order valence-corrected chi connectivity index (χ1v) is 13.0. The lowest BCUT2D eigenvalue weighted by Crippen LogP contribution is -2.24. The summed E-state index contributed by atoms with van der Waals surface area (Å²) in [6.07, 6.45) is 4.32. The average Bonchev–Trinajstić information content (AvgIpc) is 3.48. The molecule has 6 nitrogen and oxygen atoms in total. The normalized spacial score (nSPS) is 15.0. The van der Waals surface area contributed by atoms with E-state index < -0.39 is 10.0 Å². The van der Waals surface area contributed by atoms with Gasteiger partial charge in [-0.2, -0.15) is 0 Å². The lowest BCUT2D eigenvalue weighted by molar-refractivity contribution is 0.137. The summed E-state index contributed by atoms with van der Waals surface area (Å²) >= 11 is 0. The lowest BCUT2D eigenvalue weighted by atomic mass is 9.94. The van der Waals surface area contributed by atoms with Crippen molar-refractivity contribution < 1.29 is 13.2 Å². The van der Waals surface area contributed by atoms with Gasteiger partial charge in [0, 0.05) is 41.8 Å². The van der Waals surface area contributed by atoms with Crippen molar-refractivity contribution in [3.63, 3.8) is 0 Å². The van der Waals surface area contributed by atoms with Crippen LogP contribution in [0, 0.1) is 20.8 Å². The van der Waals surface area contributed by atoms with Crippen LogP contribution in [0.5, 0.6) is 5.75 Å². The fourth-order valence-corrected chi connectivity index (χ4v) is 7.09. The molecule has 178 valence electrons. The van der Waals surface area contributed by atoms with Crippen LogP contribution >= 0.6 is 0 Å². The number of aromatic amines is 1. The molecular formula is C27H31N3O3S. The highest BCUT2D eigenvalue weighted by Gasteiger charge is 2.37. The largest absolute Gasteiger partial charge is 0.487 e. The molecule has 34 heavy (non-hydrogen) atoms. The molecular weight excluding hydrogens is 446 g/mol. The predicted octanol–water partition coefficient (Wildman–Crippen LogP) is 5.23. The van der Waals surface area contributed by atoms with E-state index in [0.717, 1.165) is 50.0 Å². The van der Waals surface area contributed by atoms with Gasteiger partial charge in [-0.25, -0.2) is 12.4 Å². The molecule has 0 radical (unpaired) electrons. The molecule has 0 amide bonds. The number of hydrogen-bond donors (Lipinski definition) is 2. The lowest BCUT2D eigenvalue weighted by Gasteiger charge is -2.20. The van der Waals surface area contributed by atoms with Gasteiger partial charge in [0.25, 0.3) is 10.0 Å². The monoisotopic (exact) mass is 477 g/mol. The second-order valence-electron chi connectivity index (χ2n) is 9.89. The van der Waals surface area contributed by atoms with Gasteiger partial charge in [-0.3, -0.25) is 0 Å². The Morgan fingerprint density at radius 1 is 1.09 bits per heavy atom. The maximum Gasteiger partial charge on any atom is 0.268 e. The number of fused-ring (bicyclic) bond motifs is 2. The summed E-state index contributed by atoms with van der Waals surface area (Å²) in [5.74, 6) is 0.834. The van der Waals surface area contributed by atoms with Crippen LogP contribution in [0.15, 0.2) is 47.6 Å². The van der Waals surface area contributed by atoms with Crippen LogP contribution < -0.4 is 10.1 Å². The van der Waals surface area contributed by atoms with E-state index in [4.69, 9.17) is 4.74 Å². The maximum atomic E-state index is 14.3. The first-order chi connectivity index (χ1) is 16.0. The standard InChI is InChI=1S/C27H31N3O3S/c1-16-17(2)26(18(3)22-13-27(4,5)33-25(16)22)34(31,32)30-15-19(14-28-6)11-24(30)21-7-8-23-20(12-21)9-10-29-23/h7-12,15,28-29H,13-14H2,1-6H3. The van der Waals surface area contributed by atoms with Crippen molar-refractivity contribution in [2.24, 2.45) is 0 Å². The highest BCUT2D eigenvalue weighted by atomic mass is 32.2. The van der Waals surface area contributed by atoms with Crippen molar-refractivity contribution >= 4 is 20.9 Å². The summed E-state index contributed by atoms with van der Waals surface area (Å²) in [5, 5.41) is 4.18. The molecule has 5 rings (SSSR count). The second kappa shape index (κ2) is 7.75. The third-order valence-electron chi connectivity index (χ3n) is 6.88. The van der Waals surface area contributed by atoms with Crippen LogP contribution in [-0.2, 0) is 23.0 Å². The zero-order chi connectivity index (χ0) is 24.4. The van der Waals surface area contributed by atoms with E-state index in [1.54, 1.807) is 6.20 Å². The zero-order valence-electron chi connectivity index (χ0n) is 20.5. The van der Waals surface area contributed by atoms with Gasteiger partial charge >= 0.3 is 0 Å². The smallest absolute Gasteiger partial charge is 0.268 e. The van der Waals surface area contributed by atoms with Crippen molar-refractivity contribution in [3.05, 3.63) is 70.5 Å². The Morgan fingerprint density at radius 3 is 2.59 bits per heavy atom. The number of rotatable bonds is 5. The van der Waals surface area contributed by atoms with Crippen molar-refractivity contribution in [2.45, 2.75) is 58.1 Å². The van der Waals surface area contributed by atoms with E-state index in [2.05, 4.69) is 10.3 Å². The molecule has 2 N–H and O–H groups in total. The third-order valence-corrected chi connectivity index (χ3v) is 8.83. The third kappa shape index (κ3) is 3.46. The number of hydrogen-bond acceptors (Lipinski definition) is 4. The van der Waals surface area contributed by atoms with E-state index in [1.165, 1.54) is 3.97 Å². The SMILES string of the molecule is CNCc1cc(-c2ccc3[nH]ccc3c2)n(S(=O)(=O)c2c(C)c(C)c3c(c2C)CC(C)(C)O3)c1. The minimum absolute atomic E-state index is 0.350. The highest BCUT2D eigenvalue weighted by molar-refractivity contribution is 7.90. The van der Waals surface area contributed by atoms with E-state index in [-0.39, 0.29) is 5.60 Å². The van der Waals surface area contributed by atoms with E-state index in [0.29, 0.717) is 23.6 Å². The molecule has 0 saturated heterocycles. The van der Waals surface area contributed by atoms with Gasteiger partial charge < -0.3 is 15.0 Å². The Morgan fingerprint density at radius 2 is 1.85 bits per heavy atom. The van der Waals surface area contributed by atoms with Gasteiger partial charge in [0.1, 0.15) is 11.4 Å². The fraction of sp³-hybridized carbons (Fsp3) is 0.333. The summed E-state index contributed by atoms with van der Waals surface area (Å²) in [7, 11) is -2.01. The molecule has 7 heteroatoms. The molecule has 0 saturated carbocycles. The summed E-state index contributed by atoms with van der Waals surface area (Å²) in [5.41, 5.74) is 6.49. The minimum Gasteiger partial charge on any atom is -0.487 e. The number of aromatic nitrogens is 2. The van der Waals surface area contributed by atoms with Crippen molar-refractivity contribution in [2.75, 3.05) is 7.05 Å². The Bertz CT molecular complexity index is 1540. The highest BCUT2D eigenvalue weighted by Crippen LogP contribution is 2.44. The summed E-state index contributed by atoms with van der Waals surface area (Å²) < 4.78 is 36.3. The van der Waals surface area contributed by atoms with Crippen molar-refractivity contribution in [3.8, 4) is 17.0 Å². The molecule has 0 atom stereocenters.